The number of piperidine rings is 1. The Labute approximate surface area is 165 Å². The van der Waals surface area contributed by atoms with E-state index in [-0.39, 0.29) is 49.0 Å². The third-order valence-corrected chi connectivity index (χ3v) is 4.77. The van der Waals surface area contributed by atoms with Crippen molar-refractivity contribution in [1.29, 1.82) is 0 Å². The summed E-state index contributed by atoms with van der Waals surface area (Å²) in [5.74, 6) is 0.947. The highest BCUT2D eigenvalue weighted by Crippen LogP contribution is 2.10. The van der Waals surface area contributed by atoms with Gasteiger partial charge >= 0.3 is 0 Å². The molecule has 0 aromatic carbocycles. The van der Waals surface area contributed by atoms with Crippen LogP contribution in [0.1, 0.15) is 26.7 Å². The molecule has 2 unspecified atom stereocenters. The van der Waals surface area contributed by atoms with E-state index < -0.39 is 0 Å². The maximum absolute atomic E-state index is 12.1. The third-order valence-electron chi connectivity index (χ3n) is 4.77. The molecule has 2 aliphatic heterocycles. The first-order chi connectivity index (χ1) is 10.2. The SMILES string of the molecule is CCN1CCN(CC(C)CNC(=O)C2CCCNC2)CC1.Cl.Cl.Cl. The molecule has 0 aromatic rings. The van der Waals surface area contributed by atoms with E-state index in [9.17, 15) is 4.79 Å². The number of likely N-dealkylation sites (N-methyl/N-ethyl adjacent to an activating group) is 1. The largest absolute Gasteiger partial charge is 0.356 e. The van der Waals surface area contributed by atoms with Gasteiger partial charge in [0.25, 0.3) is 0 Å². The minimum Gasteiger partial charge on any atom is -0.356 e. The van der Waals surface area contributed by atoms with Crippen LogP contribution in [0.4, 0.5) is 0 Å². The fourth-order valence-electron chi connectivity index (χ4n) is 3.29. The van der Waals surface area contributed by atoms with Crippen molar-refractivity contribution in [2.45, 2.75) is 26.7 Å². The smallest absolute Gasteiger partial charge is 0.224 e. The molecule has 24 heavy (non-hydrogen) atoms. The lowest BCUT2D eigenvalue weighted by atomic mass is 9.98. The monoisotopic (exact) mass is 404 g/mol. The van der Waals surface area contributed by atoms with E-state index in [1.54, 1.807) is 0 Å². The quantitative estimate of drug-likeness (QED) is 0.705. The first-order valence-electron chi connectivity index (χ1n) is 8.62. The lowest BCUT2D eigenvalue weighted by Crippen LogP contribution is -2.48. The number of nitrogens with one attached hydrogen (secondary N) is 2. The van der Waals surface area contributed by atoms with Gasteiger partial charge in [-0.3, -0.25) is 4.79 Å². The van der Waals surface area contributed by atoms with E-state index >= 15 is 0 Å². The Morgan fingerprint density at radius 3 is 2.33 bits per heavy atom. The molecular formula is C16H35Cl3N4O. The molecular weight excluding hydrogens is 371 g/mol. The summed E-state index contributed by atoms with van der Waals surface area (Å²) in [6, 6.07) is 0. The van der Waals surface area contributed by atoms with Crippen LogP contribution in [0, 0.1) is 11.8 Å². The summed E-state index contributed by atoms with van der Waals surface area (Å²) in [5, 5.41) is 6.45. The van der Waals surface area contributed by atoms with Gasteiger partial charge < -0.3 is 20.4 Å². The van der Waals surface area contributed by atoms with Crippen LogP contribution in [0.2, 0.25) is 0 Å². The standard InChI is InChI=1S/C16H32N4O.3ClH/c1-3-19-7-9-20(10-8-19)13-14(2)11-18-16(21)15-5-4-6-17-12-15;;;/h14-15,17H,3-13H2,1-2H3,(H,18,21);3*1H. The molecule has 0 spiro atoms. The molecule has 2 aliphatic rings. The van der Waals surface area contributed by atoms with Crippen LogP contribution >= 0.6 is 37.2 Å². The van der Waals surface area contributed by atoms with E-state index in [2.05, 4.69) is 34.3 Å². The number of piperazine rings is 1. The number of rotatable bonds is 6. The summed E-state index contributed by atoms with van der Waals surface area (Å²) in [6.07, 6.45) is 2.15. The predicted octanol–water partition coefficient (Wildman–Crippen LogP) is 1.64. The first-order valence-corrected chi connectivity index (χ1v) is 8.62. The number of hydrogen-bond acceptors (Lipinski definition) is 4. The Bertz CT molecular complexity index is 322. The number of amides is 1. The van der Waals surface area contributed by atoms with E-state index in [1.165, 1.54) is 26.2 Å². The van der Waals surface area contributed by atoms with Gasteiger partial charge in [-0.2, -0.15) is 0 Å². The molecule has 146 valence electrons. The van der Waals surface area contributed by atoms with Gasteiger partial charge in [-0.15, -0.1) is 37.2 Å². The normalized spacial score (nSPS) is 23.2. The summed E-state index contributed by atoms with van der Waals surface area (Å²) >= 11 is 0. The maximum atomic E-state index is 12.1. The van der Waals surface area contributed by atoms with Gasteiger partial charge in [0.1, 0.15) is 0 Å². The zero-order valence-electron chi connectivity index (χ0n) is 15.0. The zero-order chi connectivity index (χ0) is 15.1. The van der Waals surface area contributed by atoms with Crippen LogP contribution in [-0.4, -0.2) is 74.6 Å². The number of carbonyl (C=O) groups excluding carboxylic acids is 1. The Kier molecular flexibility index (Phi) is 15.9. The number of halogens is 3. The second-order valence-electron chi connectivity index (χ2n) is 6.63. The van der Waals surface area contributed by atoms with Gasteiger partial charge in [0.05, 0.1) is 5.92 Å². The van der Waals surface area contributed by atoms with Crippen LogP contribution in [0.25, 0.3) is 0 Å². The first kappa shape index (κ1) is 26.4. The molecule has 5 nitrogen and oxygen atoms in total. The molecule has 2 fully saturated rings. The Balaban J connectivity index is 0. The van der Waals surface area contributed by atoms with Gasteiger partial charge in [0.15, 0.2) is 0 Å². The fraction of sp³-hybridized carbons (Fsp3) is 0.938. The van der Waals surface area contributed by atoms with Crippen molar-refractivity contribution in [1.82, 2.24) is 20.4 Å². The molecule has 0 radical (unpaired) electrons. The summed E-state index contributed by atoms with van der Waals surface area (Å²) in [5.41, 5.74) is 0. The zero-order valence-corrected chi connectivity index (χ0v) is 17.4. The summed E-state index contributed by atoms with van der Waals surface area (Å²) < 4.78 is 0. The van der Waals surface area contributed by atoms with E-state index in [4.69, 9.17) is 0 Å². The summed E-state index contributed by atoms with van der Waals surface area (Å²) in [6.45, 7) is 14.1. The van der Waals surface area contributed by atoms with Crippen molar-refractivity contribution < 1.29 is 4.79 Å². The van der Waals surface area contributed by atoms with Crippen LogP contribution in [-0.2, 0) is 4.79 Å². The van der Waals surface area contributed by atoms with E-state index in [0.29, 0.717) is 5.92 Å². The molecule has 0 aromatic heterocycles. The van der Waals surface area contributed by atoms with Gasteiger partial charge in [-0.05, 0) is 31.8 Å². The average molecular weight is 406 g/mol. The lowest BCUT2D eigenvalue weighted by molar-refractivity contribution is -0.125. The van der Waals surface area contributed by atoms with Crippen molar-refractivity contribution in [2.75, 3.05) is 58.9 Å². The molecule has 2 N–H and O–H groups in total. The van der Waals surface area contributed by atoms with E-state index in [1.807, 2.05) is 0 Å². The number of hydrogen-bond donors (Lipinski definition) is 2. The molecule has 2 heterocycles. The van der Waals surface area contributed by atoms with Gasteiger partial charge in [0.2, 0.25) is 5.91 Å². The highest BCUT2D eigenvalue weighted by Gasteiger charge is 2.22. The van der Waals surface area contributed by atoms with Crippen molar-refractivity contribution in [3.63, 3.8) is 0 Å². The molecule has 2 saturated heterocycles. The molecule has 2 rings (SSSR count). The lowest BCUT2D eigenvalue weighted by Gasteiger charge is -2.35. The van der Waals surface area contributed by atoms with Crippen LogP contribution in [0.5, 0.6) is 0 Å². The molecule has 1 amide bonds. The van der Waals surface area contributed by atoms with Crippen LogP contribution < -0.4 is 10.6 Å². The van der Waals surface area contributed by atoms with Gasteiger partial charge in [-0.1, -0.05) is 13.8 Å². The van der Waals surface area contributed by atoms with Crippen molar-refractivity contribution >= 4 is 43.1 Å². The third kappa shape index (κ3) is 9.07. The highest BCUT2D eigenvalue weighted by molar-refractivity contribution is 5.86. The molecule has 2 atom stereocenters. The fourth-order valence-corrected chi connectivity index (χ4v) is 3.29. The Morgan fingerprint density at radius 2 is 1.79 bits per heavy atom. The minimum absolute atomic E-state index is 0. The number of carbonyl (C=O) groups is 1. The van der Waals surface area contributed by atoms with Crippen molar-refractivity contribution in [3.8, 4) is 0 Å². The second-order valence-corrected chi connectivity index (χ2v) is 6.63. The van der Waals surface area contributed by atoms with E-state index in [0.717, 1.165) is 45.6 Å². The van der Waals surface area contributed by atoms with Gasteiger partial charge in [-0.25, -0.2) is 0 Å². The number of nitrogens with zero attached hydrogens (tertiary/aromatic N) is 2. The Morgan fingerprint density at radius 1 is 1.17 bits per heavy atom. The second kappa shape index (κ2) is 14.4. The molecule has 0 saturated carbocycles. The van der Waals surface area contributed by atoms with Crippen LogP contribution in [0.15, 0.2) is 0 Å². The molecule has 0 bridgehead atoms. The predicted molar refractivity (Wildman–Crippen MR) is 108 cm³/mol. The minimum atomic E-state index is 0. The van der Waals surface area contributed by atoms with Crippen LogP contribution in [0.3, 0.4) is 0 Å². The van der Waals surface area contributed by atoms with Gasteiger partial charge in [0, 0.05) is 45.8 Å². The topological polar surface area (TPSA) is 47.6 Å². The highest BCUT2D eigenvalue weighted by atomic mass is 35.5. The molecule has 0 aliphatic carbocycles. The maximum Gasteiger partial charge on any atom is 0.224 e. The Hall–Kier alpha value is 0.220. The summed E-state index contributed by atoms with van der Waals surface area (Å²) in [7, 11) is 0. The van der Waals surface area contributed by atoms with Crippen molar-refractivity contribution in [3.05, 3.63) is 0 Å². The summed E-state index contributed by atoms with van der Waals surface area (Å²) in [4.78, 5) is 17.1. The average Bonchev–Trinajstić information content (AvgIpc) is 2.54. The molecule has 8 heteroatoms. The van der Waals surface area contributed by atoms with Crippen molar-refractivity contribution in [2.24, 2.45) is 11.8 Å².